The van der Waals surface area contributed by atoms with Gasteiger partial charge in [-0.2, -0.15) is 0 Å². The number of hydrogen-bond acceptors (Lipinski definition) is 5. The summed E-state index contributed by atoms with van der Waals surface area (Å²) in [6.45, 7) is 51.0. The topological polar surface area (TPSA) is 58.0 Å². The molecule has 3 rings (SSSR count). The predicted molar refractivity (Wildman–Crippen MR) is 244 cm³/mol. The number of aryl methyl sites for hydroxylation is 1. The number of nitrogens with zero attached hydrogens (tertiary/aromatic N) is 4. The summed E-state index contributed by atoms with van der Waals surface area (Å²) in [7, 11) is 0. The van der Waals surface area contributed by atoms with E-state index in [0.29, 0.717) is 18.0 Å². The highest BCUT2D eigenvalue weighted by Crippen LogP contribution is 2.32. The lowest BCUT2D eigenvalue weighted by atomic mass is 9.80. The first-order valence-corrected chi connectivity index (χ1v) is 21.6. The van der Waals surface area contributed by atoms with Crippen LogP contribution in [0.15, 0.2) is 42.6 Å². The summed E-state index contributed by atoms with van der Waals surface area (Å²) < 4.78 is 2.28. The van der Waals surface area contributed by atoms with Gasteiger partial charge in [0.25, 0.3) is 0 Å². The van der Waals surface area contributed by atoms with Gasteiger partial charge in [-0.25, -0.2) is 4.98 Å². The molecule has 0 bridgehead atoms. The van der Waals surface area contributed by atoms with Crippen molar-refractivity contribution >= 4 is 18.1 Å². The summed E-state index contributed by atoms with van der Waals surface area (Å²) in [5.41, 5.74) is 3.77. The first-order valence-electron chi connectivity index (χ1n) is 21.6. The van der Waals surface area contributed by atoms with Crippen LogP contribution in [-0.4, -0.2) is 51.7 Å². The molecule has 0 radical (unpaired) electrons. The van der Waals surface area contributed by atoms with Crippen LogP contribution in [-0.2, 0) is 6.54 Å². The lowest BCUT2D eigenvalue weighted by molar-refractivity contribution is 0.218. The molecule has 0 amide bonds. The Kier molecular flexibility index (Phi) is 37.4. The maximum absolute atomic E-state index is 5.01. The minimum Gasteiger partial charge on any atom is -0.387 e. The van der Waals surface area contributed by atoms with Gasteiger partial charge in [0.2, 0.25) is 5.95 Å². The molecular weight excluding hydrogens is 649 g/mol. The number of aromatic nitrogens is 3. The molecule has 1 fully saturated rings. The minimum absolute atomic E-state index is 0.121. The minimum atomic E-state index is 0.121. The third-order valence-electron chi connectivity index (χ3n) is 8.25. The maximum Gasteiger partial charge on any atom is 0.204 e. The molecular formula is C47H92N6. The number of pyridine rings is 1. The van der Waals surface area contributed by atoms with Gasteiger partial charge >= 0.3 is 0 Å². The van der Waals surface area contributed by atoms with Gasteiger partial charge in [-0.1, -0.05) is 155 Å². The van der Waals surface area contributed by atoms with Crippen molar-refractivity contribution in [3.05, 3.63) is 64.7 Å². The SMILES string of the molecule is C=C(NCCN1CCC(Nc2nc(=C/C)/c(=C\C=C/C)n2Cc2cccc(C)n2)CC1)C(C)(C)CCCC(C)(C)C.CC.CC.CC.CC.CC.CC. The highest BCUT2D eigenvalue weighted by Gasteiger charge is 2.24. The second-order valence-corrected chi connectivity index (χ2v) is 13.5. The standard InChI is InChI=1S/C35H56N6.6C2H6/c1-10-12-17-32-31(11-2)39-33(41(32)26-30-16-13-15-27(3)37-30)38-29-18-23-40(24-19-29)25-22-36-28(4)35(8,9)21-14-20-34(5,6)7;6*1-2/h10-13,15-17,29,36H,4,14,18-26H2,1-3,5-9H3,(H,38,39);6*1-2H3/b12-10-,31-11+,32-17+;;;;;;. The largest absolute Gasteiger partial charge is 0.387 e. The zero-order chi connectivity index (χ0) is 42.0. The maximum atomic E-state index is 5.01. The van der Waals surface area contributed by atoms with E-state index in [1.807, 2.05) is 103 Å². The summed E-state index contributed by atoms with van der Waals surface area (Å²) in [6.07, 6.45) is 14.3. The van der Waals surface area contributed by atoms with Gasteiger partial charge in [-0.15, -0.1) is 0 Å². The Morgan fingerprint density at radius 2 is 1.42 bits per heavy atom. The van der Waals surface area contributed by atoms with Crippen LogP contribution >= 0.6 is 0 Å². The third-order valence-corrected chi connectivity index (χ3v) is 8.25. The van der Waals surface area contributed by atoms with E-state index in [0.717, 1.165) is 67.1 Å². The van der Waals surface area contributed by atoms with Gasteiger partial charge in [0.1, 0.15) is 0 Å². The monoisotopic (exact) mass is 741 g/mol. The highest BCUT2D eigenvalue weighted by molar-refractivity contribution is 5.41. The number of anilines is 1. The van der Waals surface area contributed by atoms with E-state index in [9.17, 15) is 0 Å². The average molecular weight is 741 g/mol. The predicted octanol–water partition coefficient (Wildman–Crippen LogP) is 12.2. The van der Waals surface area contributed by atoms with E-state index >= 15 is 0 Å². The van der Waals surface area contributed by atoms with Crippen LogP contribution in [0.4, 0.5) is 5.95 Å². The Morgan fingerprint density at radius 3 is 1.91 bits per heavy atom. The number of hydrogen-bond donors (Lipinski definition) is 2. The third kappa shape index (κ3) is 24.2. The molecule has 2 N–H and O–H groups in total. The number of imidazole rings is 1. The molecule has 0 aromatic carbocycles. The number of likely N-dealkylation sites (tertiary alicyclic amines) is 1. The van der Waals surface area contributed by atoms with Crippen molar-refractivity contribution in [2.45, 2.75) is 183 Å². The van der Waals surface area contributed by atoms with Crippen molar-refractivity contribution in [2.75, 3.05) is 31.5 Å². The fraction of sp³-hybridized carbons (Fsp3) is 0.702. The zero-order valence-corrected chi connectivity index (χ0v) is 39.2. The summed E-state index contributed by atoms with van der Waals surface area (Å²) in [4.78, 5) is 12.3. The van der Waals surface area contributed by atoms with E-state index in [1.165, 1.54) is 25.0 Å². The zero-order valence-electron chi connectivity index (χ0n) is 39.2. The van der Waals surface area contributed by atoms with Gasteiger partial charge in [-0.05, 0) is 70.1 Å². The van der Waals surface area contributed by atoms with E-state index < -0.39 is 0 Å². The first kappa shape index (κ1) is 56.9. The molecule has 53 heavy (non-hydrogen) atoms. The second-order valence-electron chi connectivity index (χ2n) is 13.5. The Morgan fingerprint density at radius 1 is 0.849 bits per heavy atom. The fourth-order valence-electron chi connectivity index (χ4n) is 5.48. The van der Waals surface area contributed by atoms with E-state index in [2.05, 4.69) is 105 Å². The molecule has 3 heterocycles. The molecule has 1 aliphatic rings. The molecule has 2 aromatic heterocycles. The molecule has 1 aliphatic heterocycles. The number of allylic oxidation sites excluding steroid dienone is 3. The normalized spacial score (nSPS) is 13.5. The molecule has 2 aromatic rings. The van der Waals surface area contributed by atoms with Crippen LogP contribution in [0, 0.1) is 17.8 Å². The molecule has 310 valence electrons. The van der Waals surface area contributed by atoms with Crippen LogP contribution in [0.3, 0.4) is 0 Å². The van der Waals surface area contributed by atoms with E-state index in [4.69, 9.17) is 9.97 Å². The molecule has 0 unspecified atom stereocenters. The first-order chi connectivity index (χ1) is 25.4. The Bertz CT molecular complexity index is 1270. The quantitative estimate of drug-likeness (QED) is 0.214. The lowest BCUT2D eigenvalue weighted by Crippen LogP contribution is -2.42. The highest BCUT2D eigenvalue weighted by atomic mass is 15.2. The number of nitrogens with one attached hydrogen (secondary N) is 2. The molecule has 0 spiro atoms. The second kappa shape index (κ2) is 34.9. The van der Waals surface area contributed by atoms with Gasteiger partial charge in [-0.3, -0.25) is 4.98 Å². The van der Waals surface area contributed by atoms with Crippen molar-refractivity contribution in [1.29, 1.82) is 0 Å². The van der Waals surface area contributed by atoms with Crippen molar-refractivity contribution in [3.63, 3.8) is 0 Å². The smallest absolute Gasteiger partial charge is 0.204 e. The van der Waals surface area contributed by atoms with Gasteiger partial charge < -0.3 is 20.1 Å². The molecule has 1 saturated heterocycles. The van der Waals surface area contributed by atoms with Crippen LogP contribution in [0.25, 0.3) is 12.2 Å². The molecule has 0 atom stereocenters. The molecule has 6 nitrogen and oxygen atoms in total. The van der Waals surface area contributed by atoms with Crippen molar-refractivity contribution in [3.8, 4) is 0 Å². The van der Waals surface area contributed by atoms with Gasteiger partial charge in [0.05, 0.1) is 22.9 Å². The van der Waals surface area contributed by atoms with Crippen LogP contribution < -0.4 is 21.3 Å². The van der Waals surface area contributed by atoms with E-state index in [-0.39, 0.29) is 5.41 Å². The Labute approximate surface area is 332 Å². The molecule has 6 heteroatoms. The van der Waals surface area contributed by atoms with Crippen molar-refractivity contribution < 1.29 is 0 Å². The lowest BCUT2D eigenvalue weighted by Gasteiger charge is -2.34. The fourth-order valence-corrected chi connectivity index (χ4v) is 5.48. The van der Waals surface area contributed by atoms with Crippen LogP contribution in [0.5, 0.6) is 0 Å². The van der Waals surface area contributed by atoms with Crippen LogP contribution in [0.2, 0.25) is 0 Å². The van der Waals surface area contributed by atoms with Gasteiger partial charge in [0.15, 0.2) is 0 Å². The average Bonchev–Trinajstić information content (AvgIpc) is 3.50. The number of rotatable bonds is 13. The summed E-state index contributed by atoms with van der Waals surface area (Å²) >= 11 is 0. The summed E-state index contributed by atoms with van der Waals surface area (Å²) in [6, 6.07) is 6.63. The summed E-state index contributed by atoms with van der Waals surface area (Å²) in [5.74, 6) is 0.933. The van der Waals surface area contributed by atoms with Crippen molar-refractivity contribution in [2.24, 2.45) is 10.8 Å². The molecule has 0 aliphatic carbocycles. The van der Waals surface area contributed by atoms with Crippen molar-refractivity contribution in [1.82, 2.24) is 24.8 Å². The molecule has 0 saturated carbocycles. The Hall–Kier alpha value is -2.86. The summed E-state index contributed by atoms with van der Waals surface area (Å²) in [5, 5.41) is 9.57. The Balaban J connectivity index is -0.000000907. The van der Waals surface area contributed by atoms with Crippen LogP contribution in [0.1, 0.15) is 175 Å². The van der Waals surface area contributed by atoms with E-state index in [1.54, 1.807) is 0 Å². The number of piperidine rings is 1. The van der Waals surface area contributed by atoms with Gasteiger partial charge in [0, 0.05) is 49.0 Å².